The number of fused-ring (bicyclic) bond motifs is 3. The first kappa shape index (κ1) is 21.0. The Kier molecular flexibility index (Phi) is 7.01. The fraction of sp³-hybridized carbons (Fsp3) is 0.545. The molecule has 0 fully saturated rings. The van der Waals surface area contributed by atoms with Crippen LogP contribution in [0.4, 0.5) is 5.82 Å². The second-order valence-electron chi connectivity index (χ2n) is 7.93. The number of ether oxygens (including phenoxy) is 1. The highest BCUT2D eigenvalue weighted by molar-refractivity contribution is 5.84. The summed E-state index contributed by atoms with van der Waals surface area (Å²) in [4.78, 5) is 16.6. The standard InChI is InChI=1S/C22H31N5O2/c1-15(2)9-10-17(28)8-6-5-7-13-23-21-22-26-25-16(3)27(22)20-12-11-18(29-4)14-19(20)24-21/h11-12,14-15H,5-10,13H2,1-4H3,(H,23,24). The van der Waals surface area contributed by atoms with Crippen LogP contribution >= 0.6 is 0 Å². The third-order valence-corrected chi connectivity index (χ3v) is 5.12. The molecule has 2 heterocycles. The van der Waals surface area contributed by atoms with Crippen LogP contribution in [-0.4, -0.2) is 39.0 Å². The fourth-order valence-electron chi connectivity index (χ4n) is 3.41. The van der Waals surface area contributed by atoms with Crippen LogP contribution in [0.25, 0.3) is 16.7 Å². The number of unbranched alkanes of at least 4 members (excludes halogenated alkanes) is 2. The van der Waals surface area contributed by atoms with E-state index in [2.05, 4.69) is 29.4 Å². The van der Waals surface area contributed by atoms with Crippen molar-refractivity contribution in [2.24, 2.45) is 5.92 Å². The van der Waals surface area contributed by atoms with Crippen molar-refractivity contribution in [2.75, 3.05) is 19.0 Å². The summed E-state index contributed by atoms with van der Waals surface area (Å²) in [6.45, 7) is 7.03. The minimum atomic E-state index is 0.387. The van der Waals surface area contributed by atoms with Gasteiger partial charge >= 0.3 is 0 Å². The van der Waals surface area contributed by atoms with E-state index in [0.717, 1.165) is 66.3 Å². The van der Waals surface area contributed by atoms with E-state index >= 15 is 0 Å². The molecule has 0 amide bonds. The molecule has 0 saturated carbocycles. The molecule has 1 aromatic carbocycles. The van der Waals surface area contributed by atoms with Gasteiger partial charge in [-0.25, -0.2) is 4.98 Å². The molecule has 2 aromatic heterocycles. The van der Waals surface area contributed by atoms with Gasteiger partial charge < -0.3 is 10.1 Å². The average molecular weight is 398 g/mol. The summed E-state index contributed by atoms with van der Waals surface area (Å²) in [6.07, 6.45) is 5.34. The number of carbonyl (C=O) groups excluding carboxylic acids is 1. The van der Waals surface area contributed by atoms with Gasteiger partial charge in [0.2, 0.25) is 5.65 Å². The molecule has 0 atom stereocenters. The molecule has 0 aliphatic rings. The highest BCUT2D eigenvalue weighted by atomic mass is 16.5. The molecule has 0 bridgehead atoms. The van der Waals surface area contributed by atoms with Gasteiger partial charge in [0.05, 0.1) is 18.1 Å². The second kappa shape index (κ2) is 9.67. The van der Waals surface area contributed by atoms with Gasteiger partial charge in [-0.3, -0.25) is 9.20 Å². The molecule has 3 aromatic rings. The van der Waals surface area contributed by atoms with Crippen LogP contribution in [0.3, 0.4) is 0 Å². The molecule has 0 radical (unpaired) electrons. The number of benzene rings is 1. The number of Topliss-reactive ketones (excluding diaryl/α,β-unsaturated/α-hetero) is 1. The van der Waals surface area contributed by atoms with Gasteiger partial charge in [-0.2, -0.15) is 0 Å². The number of aromatic nitrogens is 4. The van der Waals surface area contributed by atoms with Gasteiger partial charge in [0.25, 0.3) is 0 Å². The number of rotatable bonds is 11. The van der Waals surface area contributed by atoms with Gasteiger partial charge in [0.15, 0.2) is 5.82 Å². The lowest BCUT2D eigenvalue weighted by Crippen LogP contribution is -2.07. The smallest absolute Gasteiger partial charge is 0.204 e. The SMILES string of the molecule is COc1ccc2c(c1)nc(NCCCCCC(=O)CCC(C)C)c1nnc(C)n12. The molecule has 0 saturated heterocycles. The van der Waals surface area contributed by atoms with Crippen LogP contribution < -0.4 is 10.1 Å². The number of ketones is 1. The number of carbonyl (C=O) groups is 1. The molecule has 156 valence electrons. The third kappa shape index (κ3) is 5.22. The van der Waals surface area contributed by atoms with E-state index in [1.165, 1.54) is 0 Å². The summed E-state index contributed by atoms with van der Waals surface area (Å²) < 4.78 is 7.34. The molecule has 0 aliphatic carbocycles. The van der Waals surface area contributed by atoms with Gasteiger partial charge in [0.1, 0.15) is 17.4 Å². The van der Waals surface area contributed by atoms with Crippen molar-refractivity contribution in [3.8, 4) is 5.75 Å². The van der Waals surface area contributed by atoms with Crippen molar-refractivity contribution in [2.45, 2.75) is 59.3 Å². The monoisotopic (exact) mass is 397 g/mol. The molecule has 7 heteroatoms. The number of aryl methyl sites for hydroxylation is 1. The van der Waals surface area contributed by atoms with Crippen LogP contribution in [-0.2, 0) is 4.79 Å². The molecule has 0 spiro atoms. The minimum absolute atomic E-state index is 0.387. The molecule has 3 rings (SSSR count). The normalized spacial score (nSPS) is 11.5. The van der Waals surface area contributed by atoms with Crippen LogP contribution in [0, 0.1) is 12.8 Å². The van der Waals surface area contributed by atoms with Crippen molar-refractivity contribution in [1.29, 1.82) is 0 Å². The first-order valence-corrected chi connectivity index (χ1v) is 10.4. The average Bonchev–Trinajstić information content (AvgIpc) is 3.10. The van der Waals surface area contributed by atoms with Crippen LogP contribution in [0.1, 0.15) is 58.2 Å². The van der Waals surface area contributed by atoms with Crippen molar-refractivity contribution < 1.29 is 9.53 Å². The highest BCUT2D eigenvalue weighted by Gasteiger charge is 2.13. The minimum Gasteiger partial charge on any atom is -0.497 e. The predicted molar refractivity (Wildman–Crippen MR) is 116 cm³/mol. The Balaban J connectivity index is 1.59. The fourth-order valence-corrected chi connectivity index (χ4v) is 3.41. The van der Waals surface area contributed by atoms with E-state index in [1.54, 1.807) is 7.11 Å². The maximum absolute atomic E-state index is 11.9. The number of hydrogen-bond acceptors (Lipinski definition) is 6. The maximum Gasteiger partial charge on any atom is 0.204 e. The summed E-state index contributed by atoms with van der Waals surface area (Å²) in [5.41, 5.74) is 2.51. The Morgan fingerprint density at radius 2 is 2.00 bits per heavy atom. The number of hydrogen-bond donors (Lipinski definition) is 1. The first-order chi connectivity index (χ1) is 14.0. The zero-order chi connectivity index (χ0) is 20.8. The number of nitrogens with zero attached hydrogens (tertiary/aromatic N) is 4. The number of nitrogens with one attached hydrogen (secondary N) is 1. The Morgan fingerprint density at radius 1 is 1.17 bits per heavy atom. The zero-order valence-electron chi connectivity index (χ0n) is 17.9. The summed E-state index contributed by atoms with van der Waals surface area (Å²) in [6, 6.07) is 5.81. The van der Waals surface area contributed by atoms with Crippen LogP contribution in [0.2, 0.25) is 0 Å². The Bertz CT molecular complexity index is 980. The molecule has 0 aliphatic heterocycles. The summed E-state index contributed by atoms with van der Waals surface area (Å²) in [7, 11) is 1.65. The topological polar surface area (TPSA) is 81.4 Å². The lowest BCUT2D eigenvalue weighted by Gasteiger charge is -2.10. The van der Waals surface area contributed by atoms with Crippen molar-refractivity contribution in [3.63, 3.8) is 0 Å². The van der Waals surface area contributed by atoms with Crippen LogP contribution in [0.5, 0.6) is 5.75 Å². The molecule has 1 N–H and O–H groups in total. The second-order valence-corrected chi connectivity index (χ2v) is 7.93. The van der Waals surface area contributed by atoms with Crippen molar-refractivity contribution in [1.82, 2.24) is 19.6 Å². The van der Waals surface area contributed by atoms with E-state index in [0.29, 0.717) is 24.5 Å². The number of methoxy groups -OCH3 is 1. The lowest BCUT2D eigenvalue weighted by molar-refractivity contribution is -0.119. The molecule has 7 nitrogen and oxygen atoms in total. The first-order valence-electron chi connectivity index (χ1n) is 10.4. The number of anilines is 1. The Morgan fingerprint density at radius 3 is 2.76 bits per heavy atom. The lowest BCUT2D eigenvalue weighted by atomic mass is 10.0. The molecular formula is C22H31N5O2. The van der Waals surface area contributed by atoms with Gasteiger partial charge in [-0.05, 0) is 44.2 Å². The van der Waals surface area contributed by atoms with E-state index in [1.807, 2.05) is 29.5 Å². The van der Waals surface area contributed by atoms with E-state index in [-0.39, 0.29) is 0 Å². The summed E-state index contributed by atoms with van der Waals surface area (Å²) >= 11 is 0. The Labute approximate surface area is 171 Å². The van der Waals surface area contributed by atoms with Gasteiger partial charge in [-0.15, -0.1) is 10.2 Å². The van der Waals surface area contributed by atoms with E-state index in [4.69, 9.17) is 9.72 Å². The van der Waals surface area contributed by atoms with Gasteiger partial charge in [0, 0.05) is 25.5 Å². The highest BCUT2D eigenvalue weighted by Crippen LogP contribution is 2.25. The van der Waals surface area contributed by atoms with E-state index in [9.17, 15) is 4.79 Å². The van der Waals surface area contributed by atoms with Crippen molar-refractivity contribution in [3.05, 3.63) is 24.0 Å². The Hall–Kier alpha value is -2.70. The van der Waals surface area contributed by atoms with Crippen molar-refractivity contribution >= 4 is 28.3 Å². The van der Waals surface area contributed by atoms with Gasteiger partial charge in [-0.1, -0.05) is 20.3 Å². The third-order valence-electron chi connectivity index (χ3n) is 5.12. The maximum atomic E-state index is 11.9. The zero-order valence-corrected chi connectivity index (χ0v) is 17.9. The molecular weight excluding hydrogens is 366 g/mol. The molecule has 29 heavy (non-hydrogen) atoms. The quantitative estimate of drug-likeness (QED) is 0.477. The summed E-state index contributed by atoms with van der Waals surface area (Å²) in [5.74, 6) is 3.29. The largest absolute Gasteiger partial charge is 0.497 e. The molecule has 0 unspecified atom stereocenters. The van der Waals surface area contributed by atoms with E-state index < -0.39 is 0 Å². The summed E-state index contributed by atoms with van der Waals surface area (Å²) in [5, 5.41) is 11.9. The van der Waals surface area contributed by atoms with Crippen LogP contribution in [0.15, 0.2) is 18.2 Å². The predicted octanol–water partition coefficient (Wildman–Crippen LogP) is 4.57.